The normalized spacial score (nSPS) is 10.9. The van der Waals surface area contributed by atoms with Crippen LogP contribution in [0.3, 0.4) is 0 Å². The molecule has 124 valence electrons. The molecular weight excluding hydrogens is 326 g/mol. The SMILES string of the molecule is Cc1c(OCCC(=O)O)ccnc1CSc1nc2ccccc2[nH]1. The molecule has 0 amide bonds. The Morgan fingerprint density at radius 2 is 2.17 bits per heavy atom. The highest BCUT2D eigenvalue weighted by molar-refractivity contribution is 7.98. The van der Waals surface area contributed by atoms with Crippen LogP contribution >= 0.6 is 11.8 Å². The van der Waals surface area contributed by atoms with Crippen LogP contribution in [0.2, 0.25) is 0 Å². The van der Waals surface area contributed by atoms with Gasteiger partial charge < -0.3 is 14.8 Å². The van der Waals surface area contributed by atoms with Crippen LogP contribution in [0.5, 0.6) is 5.75 Å². The first-order chi connectivity index (χ1) is 11.6. The molecule has 2 aromatic heterocycles. The minimum absolute atomic E-state index is 0.0230. The number of nitrogens with zero attached hydrogens (tertiary/aromatic N) is 2. The maximum atomic E-state index is 10.6. The summed E-state index contributed by atoms with van der Waals surface area (Å²) in [5.74, 6) is 0.454. The van der Waals surface area contributed by atoms with E-state index in [-0.39, 0.29) is 13.0 Å². The Balaban J connectivity index is 1.67. The van der Waals surface area contributed by atoms with E-state index in [0.29, 0.717) is 11.5 Å². The van der Waals surface area contributed by atoms with Gasteiger partial charge in [-0.3, -0.25) is 9.78 Å². The summed E-state index contributed by atoms with van der Waals surface area (Å²) >= 11 is 1.57. The third-order valence-corrected chi connectivity index (χ3v) is 4.43. The third kappa shape index (κ3) is 3.86. The van der Waals surface area contributed by atoms with Crippen molar-refractivity contribution in [3.63, 3.8) is 0 Å². The molecule has 1 aromatic carbocycles. The quantitative estimate of drug-likeness (QED) is 0.639. The smallest absolute Gasteiger partial charge is 0.306 e. The number of aromatic nitrogens is 3. The molecule has 0 spiro atoms. The molecule has 6 nitrogen and oxygen atoms in total. The summed E-state index contributed by atoms with van der Waals surface area (Å²) in [6, 6.07) is 9.65. The summed E-state index contributed by atoms with van der Waals surface area (Å²) < 4.78 is 5.53. The minimum Gasteiger partial charge on any atom is -0.493 e. The van der Waals surface area contributed by atoms with Gasteiger partial charge in [-0.05, 0) is 25.1 Å². The summed E-state index contributed by atoms with van der Waals surface area (Å²) in [5, 5.41) is 9.52. The fourth-order valence-corrected chi connectivity index (χ4v) is 3.15. The lowest BCUT2D eigenvalue weighted by atomic mass is 10.2. The molecule has 0 unspecified atom stereocenters. The Morgan fingerprint density at radius 1 is 1.33 bits per heavy atom. The number of carbonyl (C=O) groups is 1. The minimum atomic E-state index is -0.873. The van der Waals surface area contributed by atoms with Crippen LogP contribution in [-0.2, 0) is 10.5 Å². The van der Waals surface area contributed by atoms with Gasteiger partial charge in [-0.25, -0.2) is 4.98 Å². The van der Waals surface area contributed by atoms with E-state index in [1.807, 2.05) is 31.2 Å². The number of pyridine rings is 1. The molecule has 24 heavy (non-hydrogen) atoms. The van der Waals surface area contributed by atoms with Crippen LogP contribution in [0.1, 0.15) is 17.7 Å². The van der Waals surface area contributed by atoms with Gasteiger partial charge in [0.15, 0.2) is 5.16 Å². The van der Waals surface area contributed by atoms with Crippen molar-refractivity contribution < 1.29 is 14.6 Å². The van der Waals surface area contributed by atoms with Crippen molar-refractivity contribution in [2.75, 3.05) is 6.61 Å². The molecular formula is C17H17N3O3S. The Hall–Kier alpha value is -2.54. The number of hydrogen-bond donors (Lipinski definition) is 2. The zero-order valence-corrected chi connectivity index (χ0v) is 14.0. The Morgan fingerprint density at radius 3 is 2.96 bits per heavy atom. The number of thioether (sulfide) groups is 1. The Bertz CT molecular complexity index is 830. The predicted molar refractivity (Wildman–Crippen MR) is 92.4 cm³/mol. The van der Waals surface area contributed by atoms with Crippen LogP contribution < -0.4 is 4.74 Å². The monoisotopic (exact) mass is 343 g/mol. The van der Waals surface area contributed by atoms with Gasteiger partial charge in [0.05, 0.1) is 29.8 Å². The van der Waals surface area contributed by atoms with Crippen molar-refractivity contribution in [2.45, 2.75) is 24.3 Å². The standard InChI is InChI=1S/C17H17N3O3S/c1-11-14(18-8-6-15(11)23-9-7-16(21)22)10-24-17-19-12-4-2-3-5-13(12)20-17/h2-6,8H,7,9-10H2,1H3,(H,19,20)(H,21,22). The number of fused-ring (bicyclic) bond motifs is 1. The van der Waals surface area contributed by atoms with Gasteiger partial charge in [0.25, 0.3) is 0 Å². The van der Waals surface area contributed by atoms with Crippen molar-refractivity contribution >= 4 is 28.8 Å². The molecule has 3 rings (SSSR count). The van der Waals surface area contributed by atoms with E-state index in [1.54, 1.807) is 24.0 Å². The van der Waals surface area contributed by atoms with E-state index in [2.05, 4.69) is 15.0 Å². The lowest BCUT2D eigenvalue weighted by Crippen LogP contribution is -2.06. The molecule has 0 radical (unpaired) electrons. The van der Waals surface area contributed by atoms with Crippen LogP contribution in [-0.4, -0.2) is 32.6 Å². The molecule has 0 saturated heterocycles. The number of para-hydroxylation sites is 2. The first kappa shape index (κ1) is 16.3. The highest BCUT2D eigenvalue weighted by Gasteiger charge is 2.10. The molecule has 0 aliphatic heterocycles. The fraction of sp³-hybridized carbons (Fsp3) is 0.235. The van der Waals surface area contributed by atoms with E-state index >= 15 is 0 Å². The van der Waals surface area contributed by atoms with Gasteiger partial charge in [0.1, 0.15) is 5.75 Å². The summed E-state index contributed by atoms with van der Waals surface area (Å²) in [6.45, 7) is 2.08. The number of ether oxygens (including phenoxy) is 1. The second-order valence-electron chi connectivity index (χ2n) is 5.22. The average Bonchev–Trinajstić information content (AvgIpc) is 2.98. The number of nitrogens with one attached hydrogen (secondary N) is 1. The van der Waals surface area contributed by atoms with E-state index in [1.165, 1.54) is 0 Å². The second kappa shape index (κ2) is 7.35. The van der Waals surface area contributed by atoms with Crippen LogP contribution in [0.4, 0.5) is 0 Å². The topological polar surface area (TPSA) is 88.1 Å². The van der Waals surface area contributed by atoms with Crippen molar-refractivity contribution in [1.29, 1.82) is 0 Å². The lowest BCUT2D eigenvalue weighted by Gasteiger charge is -2.10. The van der Waals surface area contributed by atoms with Crippen LogP contribution in [0.25, 0.3) is 11.0 Å². The first-order valence-corrected chi connectivity index (χ1v) is 8.48. The van der Waals surface area contributed by atoms with Gasteiger partial charge in [-0.15, -0.1) is 0 Å². The molecule has 0 saturated carbocycles. The van der Waals surface area contributed by atoms with Crippen molar-refractivity contribution in [1.82, 2.24) is 15.0 Å². The summed E-state index contributed by atoms with van der Waals surface area (Å²) in [7, 11) is 0. The second-order valence-corrected chi connectivity index (χ2v) is 6.18. The van der Waals surface area contributed by atoms with E-state index in [0.717, 1.165) is 27.4 Å². The molecule has 0 bridgehead atoms. The van der Waals surface area contributed by atoms with E-state index in [9.17, 15) is 4.79 Å². The first-order valence-electron chi connectivity index (χ1n) is 7.50. The van der Waals surface area contributed by atoms with Crippen molar-refractivity contribution in [3.05, 3.63) is 47.8 Å². The lowest BCUT2D eigenvalue weighted by molar-refractivity contribution is -0.137. The Labute approximate surface area is 143 Å². The van der Waals surface area contributed by atoms with Gasteiger partial charge in [-0.2, -0.15) is 0 Å². The van der Waals surface area contributed by atoms with Crippen LogP contribution in [0, 0.1) is 6.92 Å². The van der Waals surface area contributed by atoms with Crippen molar-refractivity contribution in [2.24, 2.45) is 0 Å². The number of imidazole rings is 1. The highest BCUT2D eigenvalue weighted by Crippen LogP contribution is 2.26. The highest BCUT2D eigenvalue weighted by atomic mass is 32.2. The van der Waals surface area contributed by atoms with Gasteiger partial charge in [0.2, 0.25) is 0 Å². The van der Waals surface area contributed by atoms with E-state index < -0.39 is 5.97 Å². The number of aliphatic carboxylic acids is 1. The molecule has 7 heteroatoms. The molecule has 0 aliphatic rings. The van der Waals surface area contributed by atoms with Gasteiger partial charge >= 0.3 is 5.97 Å². The summed E-state index contributed by atoms with van der Waals surface area (Å²) in [6.07, 6.45) is 1.66. The fourth-order valence-electron chi connectivity index (χ4n) is 2.24. The number of benzene rings is 1. The number of H-pyrrole nitrogens is 1. The molecule has 0 atom stereocenters. The van der Waals surface area contributed by atoms with E-state index in [4.69, 9.17) is 9.84 Å². The van der Waals surface area contributed by atoms with Gasteiger partial charge in [-0.1, -0.05) is 23.9 Å². The Kier molecular flexibility index (Phi) is 5.00. The zero-order chi connectivity index (χ0) is 16.9. The third-order valence-electron chi connectivity index (χ3n) is 3.55. The van der Waals surface area contributed by atoms with Gasteiger partial charge in [0, 0.05) is 17.5 Å². The van der Waals surface area contributed by atoms with Crippen molar-refractivity contribution in [3.8, 4) is 5.75 Å². The maximum absolute atomic E-state index is 10.6. The molecule has 0 fully saturated rings. The summed E-state index contributed by atoms with van der Waals surface area (Å²) in [5.41, 5.74) is 3.77. The van der Waals surface area contributed by atoms with Crippen LogP contribution in [0.15, 0.2) is 41.7 Å². The number of rotatable bonds is 7. The number of carboxylic acids is 1. The molecule has 0 aliphatic carbocycles. The number of aromatic amines is 1. The summed E-state index contributed by atoms with van der Waals surface area (Å²) in [4.78, 5) is 22.8. The maximum Gasteiger partial charge on any atom is 0.306 e. The average molecular weight is 343 g/mol. The molecule has 3 aromatic rings. The largest absolute Gasteiger partial charge is 0.493 e. The number of carboxylic acid groups (broad SMARTS) is 1. The number of hydrogen-bond acceptors (Lipinski definition) is 5. The zero-order valence-electron chi connectivity index (χ0n) is 13.2. The predicted octanol–water partition coefficient (Wildman–Crippen LogP) is 3.41. The molecule has 2 N–H and O–H groups in total. The molecule has 2 heterocycles.